The minimum atomic E-state index is 0.695. The van der Waals surface area contributed by atoms with Crippen LogP contribution in [0.2, 0.25) is 0 Å². The van der Waals surface area contributed by atoms with Crippen LogP contribution in [0.4, 0.5) is 0 Å². The van der Waals surface area contributed by atoms with Crippen molar-refractivity contribution in [2.75, 3.05) is 0 Å². The van der Waals surface area contributed by atoms with Crippen LogP contribution in [-0.2, 0) is 0 Å². The molecular formula is C22H22ClNO. The van der Waals surface area contributed by atoms with Gasteiger partial charge in [-0.25, -0.2) is 0 Å². The molecule has 0 aromatic heterocycles. The summed E-state index contributed by atoms with van der Waals surface area (Å²) in [7, 11) is 0. The Bertz CT molecular complexity index is 811. The SMILES string of the molecule is C=CN=C(C)C(/C(=C\C)c1ccc(Oc2ccccc2)cc1)=C(\C)Cl. The van der Waals surface area contributed by atoms with Crippen LogP contribution >= 0.6 is 11.6 Å². The Morgan fingerprint density at radius 2 is 1.60 bits per heavy atom. The fraction of sp³-hybridized carbons (Fsp3) is 0.136. The van der Waals surface area contributed by atoms with E-state index in [1.807, 2.05) is 81.4 Å². The van der Waals surface area contributed by atoms with Crippen LogP contribution in [-0.4, -0.2) is 5.71 Å². The van der Waals surface area contributed by atoms with E-state index in [1.165, 1.54) is 6.20 Å². The van der Waals surface area contributed by atoms with Crippen molar-refractivity contribution < 1.29 is 4.74 Å². The molecule has 0 heterocycles. The lowest BCUT2D eigenvalue weighted by molar-refractivity contribution is 0.482. The molecule has 2 nitrogen and oxygen atoms in total. The number of hydrogen-bond acceptors (Lipinski definition) is 2. The molecule has 0 unspecified atom stereocenters. The summed E-state index contributed by atoms with van der Waals surface area (Å²) in [6.07, 6.45) is 3.57. The van der Waals surface area contributed by atoms with Crippen LogP contribution in [0.3, 0.4) is 0 Å². The van der Waals surface area contributed by atoms with E-state index in [0.29, 0.717) is 5.03 Å². The highest BCUT2D eigenvalue weighted by Crippen LogP contribution is 2.30. The van der Waals surface area contributed by atoms with E-state index < -0.39 is 0 Å². The maximum absolute atomic E-state index is 6.34. The van der Waals surface area contributed by atoms with Gasteiger partial charge in [-0.15, -0.1) is 0 Å². The second-order valence-electron chi connectivity index (χ2n) is 5.45. The fourth-order valence-electron chi connectivity index (χ4n) is 2.61. The lowest BCUT2D eigenvalue weighted by atomic mass is 9.94. The average molecular weight is 352 g/mol. The quantitative estimate of drug-likeness (QED) is 0.405. The molecule has 0 saturated heterocycles. The third-order valence-corrected chi connectivity index (χ3v) is 3.88. The normalized spacial score (nSPS) is 13.3. The van der Waals surface area contributed by atoms with Crippen molar-refractivity contribution in [3.05, 3.63) is 89.6 Å². The number of hydrogen-bond donors (Lipinski definition) is 0. The summed E-state index contributed by atoms with van der Waals surface area (Å²) in [5, 5.41) is 0.695. The molecule has 0 aliphatic carbocycles. The van der Waals surface area contributed by atoms with Gasteiger partial charge in [-0.1, -0.05) is 54.6 Å². The van der Waals surface area contributed by atoms with Crippen LogP contribution in [0.5, 0.6) is 11.5 Å². The van der Waals surface area contributed by atoms with Gasteiger partial charge in [-0.3, -0.25) is 4.99 Å². The van der Waals surface area contributed by atoms with E-state index >= 15 is 0 Å². The molecule has 0 aliphatic heterocycles. The molecule has 2 rings (SSSR count). The van der Waals surface area contributed by atoms with Gasteiger partial charge in [0.2, 0.25) is 0 Å². The molecule has 0 atom stereocenters. The van der Waals surface area contributed by atoms with Gasteiger partial charge in [-0.05, 0) is 56.2 Å². The molecule has 0 saturated carbocycles. The molecular weight excluding hydrogens is 330 g/mol. The molecule has 128 valence electrons. The number of benzene rings is 2. The van der Waals surface area contributed by atoms with E-state index in [1.54, 1.807) is 0 Å². The zero-order valence-electron chi connectivity index (χ0n) is 14.8. The van der Waals surface area contributed by atoms with Crippen LogP contribution in [0.15, 0.2) is 89.1 Å². The second kappa shape index (κ2) is 9.05. The minimum absolute atomic E-state index is 0.695. The summed E-state index contributed by atoms with van der Waals surface area (Å²) in [5.74, 6) is 1.60. The van der Waals surface area contributed by atoms with E-state index in [4.69, 9.17) is 16.3 Å². The van der Waals surface area contributed by atoms with Crippen molar-refractivity contribution in [3.63, 3.8) is 0 Å². The van der Waals surface area contributed by atoms with Gasteiger partial charge in [0.15, 0.2) is 0 Å². The number of ether oxygens (including phenoxy) is 1. The van der Waals surface area contributed by atoms with Gasteiger partial charge < -0.3 is 4.74 Å². The minimum Gasteiger partial charge on any atom is -0.457 e. The number of allylic oxidation sites excluding steroid dienone is 4. The molecule has 0 spiro atoms. The smallest absolute Gasteiger partial charge is 0.127 e. The van der Waals surface area contributed by atoms with Crippen molar-refractivity contribution in [3.8, 4) is 11.5 Å². The Kier molecular flexibility index (Phi) is 6.79. The summed E-state index contributed by atoms with van der Waals surface area (Å²) in [6.45, 7) is 9.45. The number of halogens is 1. The second-order valence-corrected chi connectivity index (χ2v) is 6.01. The summed E-state index contributed by atoms with van der Waals surface area (Å²) in [6, 6.07) is 17.7. The van der Waals surface area contributed by atoms with Crippen molar-refractivity contribution in [2.24, 2.45) is 4.99 Å². The van der Waals surface area contributed by atoms with Crippen molar-refractivity contribution in [2.45, 2.75) is 20.8 Å². The first-order chi connectivity index (χ1) is 12.1. The molecule has 25 heavy (non-hydrogen) atoms. The first kappa shape index (κ1) is 18.8. The zero-order valence-corrected chi connectivity index (χ0v) is 15.5. The Labute approximate surface area is 154 Å². The molecule has 2 aromatic rings. The van der Waals surface area contributed by atoms with E-state index in [2.05, 4.69) is 11.6 Å². The van der Waals surface area contributed by atoms with Crippen LogP contribution < -0.4 is 4.74 Å². The van der Waals surface area contributed by atoms with Gasteiger partial charge >= 0.3 is 0 Å². The number of para-hydroxylation sites is 1. The lowest BCUT2D eigenvalue weighted by Crippen LogP contribution is -2.02. The number of aliphatic imine (C=N–C) groups is 1. The summed E-state index contributed by atoms with van der Waals surface area (Å²) < 4.78 is 5.85. The number of nitrogens with zero attached hydrogens (tertiary/aromatic N) is 1. The topological polar surface area (TPSA) is 21.6 Å². The van der Waals surface area contributed by atoms with Gasteiger partial charge in [0.25, 0.3) is 0 Å². The maximum Gasteiger partial charge on any atom is 0.127 e. The predicted molar refractivity (Wildman–Crippen MR) is 108 cm³/mol. The molecule has 0 aliphatic rings. The van der Waals surface area contributed by atoms with Gasteiger partial charge in [0.1, 0.15) is 11.5 Å². The van der Waals surface area contributed by atoms with E-state index in [0.717, 1.165) is 33.9 Å². The predicted octanol–water partition coefficient (Wildman–Crippen LogP) is 7.00. The zero-order chi connectivity index (χ0) is 18.2. The largest absolute Gasteiger partial charge is 0.457 e. The highest BCUT2D eigenvalue weighted by molar-refractivity contribution is 6.34. The molecule has 2 aromatic carbocycles. The van der Waals surface area contributed by atoms with Crippen LogP contribution in [0.1, 0.15) is 26.3 Å². The highest BCUT2D eigenvalue weighted by Gasteiger charge is 2.13. The van der Waals surface area contributed by atoms with Crippen molar-refractivity contribution in [1.82, 2.24) is 0 Å². The molecule has 0 amide bonds. The molecule has 0 bridgehead atoms. The monoisotopic (exact) mass is 351 g/mol. The van der Waals surface area contributed by atoms with Crippen LogP contribution in [0, 0.1) is 0 Å². The van der Waals surface area contributed by atoms with Gasteiger partial charge in [0.05, 0.1) is 0 Å². The Morgan fingerprint density at radius 1 is 1.00 bits per heavy atom. The molecule has 0 N–H and O–H groups in total. The average Bonchev–Trinajstić information content (AvgIpc) is 2.61. The van der Waals surface area contributed by atoms with Crippen LogP contribution in [0.25, 0.3) is 5.57 Å². The Balaban J connectivity index is 2.31. The summed E-state index contributed by atoms with van der Waals surface area (Å²) in [4.78, 5) is 4.29. The lowest BCUT2D eigenvalue weighted by Gasteiger charge is -2.14. The third-order valence-electron chi connectivity index (χ3n) is 3.69. The summed E-state index contributed by atoms with van der Waals surface area (Å²) in [5.41, 5.74) is 3.83. The Morgan fingerprint density at radius 3 is 2.12 bits per heavy atom. The molecule has 0 fully saturated rings. The van der Waals surface area contributed by atoms with E-state index in [-0.39, 0.29) is 0 Å². The van der Waals surface area contributed by atoms with Crippen molar-refractivity contribution in [1.29, 1.82) is 0 Å². The number of rotatable bonds is 6. The molecule has 3 heteroatoms. The first-order valence-corrected chi connectivity index (χ1v) is 8.46. The van der Waals surface area contributed by atoms with Gasteiger partial charge in [-0.2, -0.15) is 0 Å². The molecule has 0 radical (unpaired) electrons. The highest BCUT2D eigenvalue weighted by atomic mass is 35.5. The summed E-state index contributed by atoms with van der Waals surface area (Å²) >= 11 is 6.34. The fourth-order valence-corrected chi connectivity index (χ4v) is 2.85. The van der Waals surface area contributed by atoms with Crippen molar-refractivity contribution >= 4 is 22.9 Å². The Hall–Kier alpha value is -2.58. The van der Waals surface area contributed by atoms with Gasteiger partial charge in [0, 0.05) is 22.5 Å². The van der Waals surface area contributed by atoms with E-state index in [9.17, 15) is 0 Å². The maximum atomic E-state index is 6.34. The standard InChI is InChI=1S/C22H22ClNO/c1-5-21(22(16(3)23)17(4)24-6-2)18-12-14-20(15-13-18)25-19-10-8-7-9-11-19/h5-15H,2H2,1,3-4H3/b21-5-,22-16-,24-17?. The first-order valence-electron chi connectivity index (χ1n) is 8.09. The third kappa shape index (κ3) is 4.94.